The van der Waals surface area contributed by atoms with E-state index in [2.05, 4.69) is 25.3 Å². The third-order valence-electron chi connectivity index (χ3n) is 4.73. The molecular formula is C21H19ClN6O2S. The maximum Gasteiger partial charge on any atom is 0.225 e. The fraction of sp³-hybridized carbons (Fsp3) is 0.238. The van der Waals surface area contributed by atoms with E-state index in [9.17, 15) is 0 Å². The Morgan fingerprint density at radius 2 is 1.87 bits per heavy atom. The minimum atomic E-state index is -0.379. The smallest absolute Gasteiger partial charge is 0.225 e. The molecule has 158 valence electrons. The SMILES string of the molecule is CC1OC(c2cnc(N(C)Cc3cc4nc(Cl)nc(Nc5ccccc5)c4s3)nc2)O1. The van der Waals surface area contributed by atoms with Gasteiger partial charge in [0.05, 0.1) is 16.8 Å². The molecular weight excluding hydrogens is 436 g/mol. The lowest BCUT2D eigenvalue weighted by Gasteiger charge is -2.33. The molecule has 0 spiro atoms. The Bertz CT molecular complexity index is 1200. The van der Waals surface area contributed by atoms with Crippen molar-refractivity contribution in [3.8, 4) is 0 Å². The summed E-state index contributed by atoms with van der Waals surface area (Å²) in [6.45, 7) is 2.47. The predicted octanol–water partition coefficient (Wildman–Crippen LogP) is 4.91. The van der Waals surface area contributed by atoms with E-state index in [1.165, 1.54) is 0 Å². The average Bonchev–Trinajstić information content (AvgIpc) is 3.14. The van der Waals surface area contributed by atoms with Crippen molar-refractivity contribution < 1.29 is 9.47 Å². The lowest BCUT2D eigenvalue weighted by molar-refractivity contribution is -0.382. The molecule has 4 heterocycles. The highest BCUT2D eigenvalue weighted by Gasteiger charge is 2.29. The lowest BCUT2D eigenvalue weighted by atomic mass is 10.3. The molecule has 8 nitrogen and oxygen atoms in total. The van der Waals surface area contributed by atoms with E-state index in [1.807, 2.05) is 55.3 Å². The monoisotopic (exact) mass is 454 g/mol. The van der Waals surface area contributed by atoms with E-state index in [-0.39, 0.29) is 17.9 Å². The predicted molar refractivity (Wildman–Crippen MR) is 121 cm³/mol. The van der Waals surface area contributed by atoms with Gasteiger partial charge >= 0.3 is 0 Å². The Labute approximate surface area is 187 Å². The molecule has 0 amide bonds. The van der Waals surface area contributed by atoms with Crippen LogP contribution in [0.25, 0.3) is 10.2 Å². The molecule has 1 aliphatic heterocycles. The standard InChI is InChI=1S/C21H19ClN6O2S/c1-12-29-19(30-12)13-9-23-21(24-10-13)28(2)11-15-8-16-17(31-15)18(27-20(22)26-16)25-14-6-4-3-5-7-14/h3-10,12,19H,11H2,1-2H3,(H,25,26,27). The van der Waals surface area contributed by atoms with Crippen molar-refractivity contribution in [2.24, 2.45) is 0 Å². The first kappa shape index (κ1) is 20.1. The van der Waals surface area contributed by atoms with Gasteiger partial charge in [0.25, 0.3) is 0 Å². The van der Waals surface area contributed by atoms with Gasteiger partial charge in [-0.3, -0.25) is 0 Å². The number of halogens is 1. The molecule has 10 heteroatoms. The second kappa shape index (κ2) is 8.35. The molecule has 4 aromatic rings. The zero-order valence-corrected chi connectivity index (χ0v) is 18.4. The molecule has 3 aromatic heterocycles. The van der Waals surface area contributed by atoms with Gasteiger partial charge in [-0.15, -0.1) is 11.3 Å². The van der Waals surface area contributed by atoms with Crippen LogP contribution in [0.2, 0.25) is 5.28 Å². The van der Waals surface area contributed by atoms with Crippen LogP contribution in [0, 0.1) is 0 Å². The van der Waals surface area contributed by atoms with Crippen LogP contribution >= 0.6 is 22.9 Å². The third kappa shape index (κ3) is 4.31. The summed E-state index contributed by atoms with van der Waals surface area (Å²) in [4.78, 5) is 20.7. The van der Waals surface area contributed by atoms with E-state index in [4.69, 9.17) is 21.1 Å². The number of fused-ring (bicyclic) bond motifs is 1. The van der Waals surface area contributed by atoms with Crippen molar-refractivity contribution >= 4 is 50.6 Å². The lowest BCUT2D eigenvalue weighted by Crippen LogP contribution is -2.31. The van der Waals surface area contributed by atoms with Crippen molar-refractivity contribution in [1.29, 1.82) is 0 Å². The third-order valence-corrected chi connectivity index (χ3v) is 6.01. The van der Waals surface area contributed by atoms with Gasteiger partial charge < -0.3 is 19.7 Å². The van der Waals surface area contributed by atoms with Crippen LogP contribution in [0.5, 0.6) is 0 Å². The summed E-state index contributed by atoms with van der Waals surface area (Å²) in [5.41, 5.74) is 2.54. The number of ether oxygens (including phenoxy) is 2. The number of nitrogens with zero attached hydrogens (tertiary/aromatic N) is 5. The zero-order valence-electron chi connectivity index (χ0n) is 16.8. The maximum atomic E-state index is 6.16. The quantitative estimate of drug-likeness (QED) is 0.411. The van der Waals surface area contributed by atoms with Gasteiger partial charge in [0, 0.05) is 35.6 Å². The Hall–Kier alpha value is -2.85. The highest BCUT2D eigenvalue weighted by atomic mass is 35.5. The van der Waals surface area contributed by atoms with Crippen molar-refractivity contribution in [3.05, 3.63) is 64.5 Å². The number of aromatic nitrogens is 4. The molecule has 0 aliphatic carbocycles. The topological polar surface area (TPSA) is 85.3 Å². The molecule has 1 N–H and O–H groups in total. The van der Waals surface area contributed by atoms with Crippen LogP contribution in [0.4, 0.5) is 17.5 Å². The van der Waals surface area contributed by atoms with Crippen molar-refractivity contribution in [2.45, 2.75) is 26.0 Å². The fourth-order valence-electron chi connectivity index (χ4n) is 3.24. The van der Waals surface area contributed by atoms with E-state index < -0.39 is 0 Å². The number of anilines is 3. The number of nitrogens with one attached hydrogen (secondary N) is 1. The number of rotatable bonds is 6. The number of thiophene rings is 1. The Morgan fingerprint density at radius 1 is 1.13 bits per heavy atom. The van der Waals surface area contributed by atoms with Gasteiger partial charge in [0.1, 0.15) is 0 Å². The van der Waals surface area contributed by atoms with E-state index in [0.29, 0.717) is 18.3 Å². The van der Waals surface area contributed by atoms with Crippen LogP contribution in [-0.4, -0.2) is 33.3 Å². The molecule has 0 unspecified atom stereocenters. The molecule has 1 aromatic carbocycles. The van der Waals surface area contributed by atoms with Crippen LogP contribution in [0.15, 0.2) is 48.8 Å². The van der Waals surface area contributed by atoms with Crippen LogP contribution in [0.3, 0.4) is 0 Å². The van der Waals surface area contributed by atoms with Crippen molar-refractivity contribution in [1.82, 2.24) is 19.9 Å². The normalized spacial score (nSPS) is 18.0. The first-order chi connectivity index (χ1) is 15.0. The van der Waals surface area contributed by atoms with Gasteiger partial charge in [0.2, 0.25) is 11.2 Å². The van der Waals surface area contributed by atoms with E-state index >= 15 is 0 Å². The maximum absolute atomic E-state index is 6.16. The summed E-state index contributed by atoms with van der Waals surface area (Å²) in [5, 5.41) is 3.54. The Morgan fingerprint density at radius 3 is 2.58 bits per heavy atom. The van der Waals surface area contributed by atoms with Gasteiger partial charge in [-0.05, 0) is 36.7 Å². The highest BCUT2D eigenvalue weighted by Crippen LogP contribution is 2.34. The summed E-state index contributed by atoms with van der Waals surface area (Å²) in [6.07, 6.45) is 2.90. The first-order valence-electron chi connectivity index (χ1n) is 9.67. The first-order valence-corrected chi connectivity index (χ1v) is 10.9. The minimum Gasteiger partial charge on any atom is -0.339 e. The number of hydrogen-bond acceptors (Lipinski definition) is 9. The largest absolute Gasteiger partial charge is 0.339 e. The summed E-state index contributed by atoms with van der Waals surface area (Å²) in [6, 6.07) is 11.9. The molecule has 0 saturated carbocycles. The minimum absolute atomic E-state index is 0.182. The molecule has 1 fully saturated rings. The molecule has 1 aliphatic rings. The van der Waals surface area contributed by atoms with E-state index in [0.717, 1.165) is 26.3 Å². The zero-order chi connectivity index (χ0) is 21.4. The fourth-order valence-corrected chi connectivity index (χ4v) is 4.51. The summed E-state index contributed by atoms with van der Waals surface area (Å²) < 4.78 is 11.9. The summed E-state index contributed by atoms with van der Waals surface area (Å²) in [7, 11) is 1.94. The Kier molecular flexibility index (Phi) is 5.41. The van der Waals surface area contributed by atoms with Crippen molar-refractivity contribution in [2.75, 3.05) is 17.3 Å². The van der Waals surface area contributed by atoms with Crippen molar-refractivity contribution in [3.63, 3.8) is 0 Å². The van der Waals surface area contributed by atoms with Crippen LogP contribution in [0.1, 0.15) is 23.7 Å². The van der Waals surface area contributed by atoms with Gasteiger partial charge in [-0.1, -0.05) is 18.2 Å². The highest BCUT2D eigenvalue weighted by molar-refractivity contribution is 7.19. The average molecular weight is 455 g/mol. The number of hydrogen-bond donors (Lipinski definition) is 1. The molecule has 31 heavy (non-hydrogen) atoms. The number of benzene rings is 1. The molecule has 0 atom stereocenters. The molecule has 5 rings (SSSR count). The van der Waals surface area contributed by atoms with Crippen LogP contribution in [-0.2, 0) is 16.0 Å². The van der Waals surface area contributed by atoms with Gasteiger partial charge in [0.15, 0.2) is 18.4 Å². The molecule has 1 saturated heterocycles. The number of para-hydroxylation sites is 1. The summed E-state index contributed by atoms with van der Waals surface area (Å²) in [5.74, 6) is 1.30. The van der Waals surface area contributed by atoms with Gasteiger partial charge in [-0.25, -0.2) is 15.0 Å². The molecule has 0 radical (unpaired) electrons. The van der Waals surface area contributed by atoms with Crippen LogP contribution < -0.4 is 10.2 Å². The second-order valence-electron chi connectivity index (χ2n) is 7.10. The summed E-state index contributed by atoms with van der Waals surface area (Å²) >= 11 is 7.77. The second-order valence-corrected chi connectivity index (χ2v) is 8.58. The molecule has 0 bridgehead atoms. The van der Waals surface area contributed by atoms with Gasteiger partial charge in [-0.2, -0.15) is 4.98 Å². The Balaban J connectivity index is 1.35. The van der Waals surface area contributed by atoms with E-state index in [1.54, 1.807) is 23.7 Å².